The SMILES string of the molecule is CCNc1ccc(C(=O)N2C[C@@H](C)O[C@@H](C)C2)nc1. The highest BCUT2D eigenvalue weighted by Gasteiger charge is 2.27. The summed E-state index contributed by atoms with van der Waals surface area (Å²) in [5.41, 5.74) is 1.42. The average molecular weight is 263 g/mol. The van der Waals surface area contributed by atoms with Crippen LogP contribution >= 0.6 is 0 Å². The van der Waals surface area contributed by atoms with Crippen molar-refractivity contribution in [3.05, 3.63) is 24.0 Å². The summed E-state index contributed by atoms with van der Waals surface area (Å²) < 4.78 is 5.63. The van der Waals surface area contributed by atoms with Crippen LogP contribution in [0.4, 0.5) is 5.69 Å². The molecule has 0 radical (unpaired) electrons. The Labute approximate surface area is 114 Å². The minimum Gasteiger partial charge on any atom is -0.384 e. The molecule has 1 N–H and O–H groups in total. The number of pyridine rings is 1. The maximum Gasteiger partial charge on any atom is 0.272 e. The van der Waals surface area contributed by atoms with Crippen LogP contribution in [0.15, 0.2) is 18.3 Å². The first-order chi connectivity index (χ1) is 9.10. The molecule has 19 heavy (non-hydrogen) atoms. The van der Waals surface area contributed by atoms with E-state index in [9.17, 15) is 4.79 Å². The van der Waals surface area contributed by atoms with E-state index < -0.39 is 0 Å². The summed E-state index contributed by atoms with van der Waals surface area (Å²) in [6, 6.07) is 3.65. The van der Waals surface area contributed by atoms with Gasteiger partial charge in [0.25, 0.3) is 5.91 Å². The summed E-state index contributed by atoms with van der Waals surface area (Å²) in [6.45, 7) is 8.08. The Morgan fingerprint density at radius 2 is 2.11 bits per heavy atom. The Bertz CT molecular complexity index is 423. The van der Waals surface area contributed by atoms with Gasteiger partial charge in [0.2, 0.25) is 0 Å². The molecule has 0 saturated carbocycles. The van der Waals surface area contributed by atoms with E-state index in [1.54, 1.807) is 12.3 Å². The summed E-state index contributed by atoms with van der Waals surface area (Å²) in [5, 5.41) is 3.16. The number of carbonyl (C=O) groups excluding carboxylic acids is 1. The molecule has 0 spiro atoms. The van der Waals surface area contributed by atoms with Crippen LogP contribution in [-0.4, -0.2) is 47.6 Å². The molecule has 1 amide bonds. The molecule has 0 bridgehead atoms. The molecule has 1 aliphatic heterocycles. The third kappa shape index (κ3) is 3.44. The molecule has 1 aliphatic rings. The van der Waals surface area contributed by atoms with E-state index in [1.165, 1.54) is 0 Å². The van der Waals surface area contributed by atoms with Gasteiger partial charge in [-0.3, -0.25) is 4.79 Å². The van der Waals surface area contributed by atoms with E-state index in [4.69, 9.17) is 4.74 Å². The van der Waals surface area contributed by atoms with E-state index in [-0.39, 0.29) is 18.1 Å². The molecule has 0 aliphatic carbocycles. The van der Waals surface area contributed by atoms with E-state index in [0.29, 0.717) is 18.8 Å². The summed E-state index contributed by atoms with van der Waals surface area (Å²) in [6.07, 6.45) is 1.85. The highest BCUT2D eigenvalue weighted by molar-refractivity contribution is 5.92. The van der Waals surface area contributed by atoms with Gasteiger partial charge in [-0.1, -0.05) is 0 Å². The van der Waals surface area contributed by atoms with Gasteiger partial charge in [-0.2, -0.15) is 0 Å². The highest BCUT2D eigenvalue weighted by atomic mass is 16.5. The molecular weight excluding hydrogens is 242 g/mol. The van der Waals surface area contributed by atoms with Gasteiger partial charge in [0.05, 0.1) is 24.1 Å². The molecule has 5 heteroatoms. The van der Waals surface area contributed by atoms with Crippen molar-refractivity contribution in [2.24, 2.45) is 0 Å². The van der Waals surface area contributed by atoms with Crippen molar-refractivity contribution in [3.63, 3.8) is 0 Å². The molecule has 0 unspecified atom stereocenters. The van der Waals surface area contributed by atoms with E-state index in [0.717, 1.165) is 12.2 Å². The van der Waals surface area contributed by atoms with Crippen LogP contribution in [0, 0.1) is 0 Å². The van der Waals surface area contributed by atoms with Crippen molar-refractivity contribution in [3.8, 4) is 0 Å². The summed E-state index contributed by atoms with van der Waals surface area (Å²) in [4.78, 5) is 18.4. The second-order valence-corrected chi connectivity index (χ2v) is 4.93. The molecule has 5 nitrogen and oxygen atoms in total. The van der Waals surface area contributed by atoms with E-state index in [2.05, 4.69) is 10.3 Å². The lowest BCUT2D eigenvalue weighted by molar-refractivity contribution is -0.0587. The molecule has 2 heterocycles. The Hall–Kier alpha value is -1.62. The first-order valence-corrected chi connectivity index (χ1v) is 6.74. The standard InChI is InChI=1S/C14H21N3O2/c1-4-15-12-5-6-13(16-7-12)14(18)17-8-10(2)19-11(3)9-17/h5-7,10-11,15H,4,8-9H2,1-3H3/t10-,11+. The first kappa shape index (κ1) is 13.8. The van der Waals surface area contributed by atoms with Crippen LogP contribution in [0.5, 0.6) is 0 Å². The van der Waals surface area contributed by atoms with Crippen LogP contribution in [0.3, 0.4) is 0 Å². The zero-order valence-electron chi connectivity index (χ0n) is 11.7. The molecule has 104 valence electrons. The molecule has 1 aromatic heterocycles. The van der Waals surface area contributed by atoms with Crippen LogP contribution in [-0.2, 0) is 4.74 Å². The van der Waals surface area contributed by atoms with Gasteiger partial charge in [0, 0.05) is 19.6 Å². The predicted octanol–water partition coefficient (Wildman–Crippen LogP) is 1.76. The number of hydrogen-bond acceptors (Lipinski definition) is 4. The summed E-state index contributed by atoms with van der Waals surface area (Å²) >= 11 is 0. The normalized spacial score (nSPS) is 23.2. The second kappa shape index (κ2) is 6.02. The minimum absolute atomic E-state index is 0.0231. The Morgan fingerprint density at radius 1 is 1.42 bits per heavy atom. The number of nitrogens with zero attached hydrogens (tertiary/aromatic N) is 2. The number of nitrogens with one attached hydrogen (secondary N) is 1. The maximum atomic E-state index is 12.3. The summed E-state index contributed by atoms with van der Waals surface area (Å²) in [7, 11) is 0. The number of rotatable bonds is 3. The molecular formula is C14H21N3O2. The number of ether oxygens (including phenoxy) is 1. The summed E-state index contributed by atoms with van der Waals surface area (Å²) in [5.74, 6) is -0.0231. The highest BCUT2D eigenvalue weighted by Crippen LogP contribution is 2.14. The average Bonchev–Trinajstić information content (AvgIpc) is 2.38. The van der Waals surface area contributed by atoms with Gasteiger partial charge in [0.1, 0.15) is 5.69 Å². The Morgan fingerprint density at radius 3 is 2.63 bits per heavy atom. The second-order valence-electron chi connectivity index (χ2n) is 4.93. The van der Waals surface area contributed by atoms with Crippen LogP contribution in [0.2, 0.25) is 0 Å². The number of morpholine rings is 1. The third-order valence-electron chi connectivity index (χ3n) is 3.07. The van der Waals surface area contributed by atoms with Crippen molar-refractivity contribution in [1.29, 1.82) is 0 Å². The van der Waals surface area contributed by atoms with Gasteiger partial charge in [-0.15, -0.1) is 0 Å². The quantitative estimate of drug-likeness (QED) is 0.903. The van der Waals surface area contributed by atoms with Crippen LogP contribution in [0.25, 0.3) is 0 Å². The van der Waals surface area contributed by atoms with Crippen molar-refractivity contribution in [2.75, 3.05) is 25.0 Å². The molecule has 2 rings (SSSR count). The van der Waals surface area contributed by atoms with Crippen molar-refractivity contribution < 1.29 is 9.53 Å². The number of aromatic nitrogens is 1. The molecule has 1 aromatic rings. The van der Waals surface area contributed by atoms with Gasteiger partial charge in [0.15, 0.2) is 0 Å². The monoisotopic (exact) mass is 263 g/mol. The van der Waals surface area contributed by atoms with Crippen LogP contribution in [0.1, 0.15) is 31.3 Å². The van der Waals surface area contributed by atoms with Gasteiger partial charge in [-0.25, -0.2) is 4.98 Å². The Balaban J connectivity index is 2.06. The van der Waals surface area contributed by atoms with Crippen molar-refractivity contribution >= 4 is 11.6 Å². The molecule has 0 aromatic carbocycles. The zero-order valence-corrected chi connectivity index (χ0v) is 11.7. The zero-order chi connectivity index (χ0) is 13.8. The third-order valence-corrected chi connectivity index (χ3v) is 3.07. The topological polar surface area (TPSA) is 54.5 Å². The fourth-order valence-electron chi connectivity index (χ4n) is 2.33. The smallest absolute Gasteiger partial charge is 0.272 e. The van der Waals surface area contributed by atoms with Crippen molar-refractivity contribution in [1.82, 2.24) is 9.88 Å². The number of anilines is 1. The number of carbonyl (C=O) groups is 1. The molecule has 1 fully saturated rings. The Kier molecular flexibility index (Phi) is 4.37. The minimum atomic E-state index is -0.0231. The molecule has 2 atom stereocenters. The number of hydrogen-bond donors (Lipinski definition) is 1. The molecule has 1 saturated heterocycles. The van der Waals surface area contributed by atoms with E-state index >= 15 is 0 Å². The largest absolute Gasteiger partial charge is 0.384 e. The van der Waals surface area contributed by atoms with Gasteiger partial charge in [-0.05, 0) is 32.9 Å². The van der Waals surface area contributed by atoms with Gasteiger partial charge < -0.3 is 15.0 Å². The maximum absolute atomic E-state index is 12.3. The van der Waals surface area contributed by atoms with Crippen LogP contribution < -0.4 is 5.32 Å². The lowest BCUT2D eigenvalue weighted by Crippen LogP contribution is -2.48. The van der Waals surface area contributed by atoms with Crippen molar-refractivity contribution in [2.45, 2.75) is 33.0 Å². The first-order valence-electron chi connectivity index (χ1n) is 6.74. The lowest BCUT2D eigenvalue weighted by atomic mass is 10.2. The fourth-order valence-corrected chi connectivity index (χ4v) is 2.33. The number of amides is 1. The lowest BCUT2D eigenvalue weighted by Gasteiger charge is -2.35. The fraction of sp³-hybridized carbons (Fsp3) is 0.571. The predicted molar refractivity (Wildman–Crippen MR) is 74.3 cm³/mol. The van der Waals surface area contributed by atoms with Gasteiger partial charge >= 0.3 is 0 Å². The van der Waals surface area contributed by atoms with E-state index in [1.807, 2.05) is 31.7 Å².